The summed E-state index contributed by atoms with van der Waals surface area (Å²) in [6, 6.07) is 2.31. The van der Waals surface area contributed by atoms with Crippen molar-refractivity contribution in [2.75, 3.05) is 19.6 Å². The Balaban J connectivity index is 2.22. The van der Waals surface area contributed by atoms with Gasteiger partial charge >= 0.3 is 6.09 Å². The summed E-state index contributed by atoms with van der Waals surface area (Å²) in [7, 11) is 0. The molecule has 0 aromatic heterocycles. The smallest absolute Gasteiger partial charge is 0.407 e. The lowest BCUT2D eigenvalue weighted by Gasteiger charge is -2.30. The highest BCUT2D eigenvalue weighted by Crippen LogP contribution is 2.09. The van der Waals surface area contributed by atoms with Crippen LogP contribution in [0.3, 0.4) is 0 Å². The Labute approximate surface area is 96.4 Å². The molecule has 16 heavy (non-hydrogen) atoms. The summed E-state index contributed by atoms with van der Waals surface area (Å²) in [6.07, 6.45) is 1.34. The van der Waals surface area contributed by atoms with Crippen molar-refractivity contribution in [3.05, 3.63) is 0 Å². The third kappa shape index (κ3) is 4.49. The summed E-state index contributed by atoms with van der Waals surface area (Å²) in [5.74, 6) is 0. The van der Waals surface area contributed by atoms with Gasteiger partial charge < -0.3 is 10.1 Å². The minimum atomic E-state index is -0.339. The van der Waals surface area contributed by atoms with Crippen molar-refractivity contribution in [3.8, 4) is 6.07 Å². The van der Waals surface area contributed by atoms with Crippen molar-refractivity contribution >= 4 is 6.09 Å². The van der Waals surface area contributed by atoms with Crippen molar-refractivity contribution in [1.82, 2.24) is 10.2 Å². The third-order valence-corrected chi connectivity index (χ3v) is 2.55. The molecule has 1 N–H and O–H groups in total. The molecule has 0 saturated carbocycles. The first-order chi connectivity index (χ1) is 7.61. The predicted molar refractivity (Wildman–Crippen MR) is 59.8 cm³/mol. The van der Waals surface area contributed by atoms with E-state index in [1.807, 2.05) is 13.8 Å². The SMILES string of the molecule is CC(C)OC(=O)NC1CCN(CC#N)CC1. The average Bonchev–Trinajstić information content (AvgIpc) is 2.20. The van der Waals surface area contributed by atoms with E-state index in [0.717, 1.165) is 25.9 Å². The number of rotatable bonds is 3. The molecule has 5 nitrogen and oxygen atoms in total. The van der Waals surface area contributed by atoms with Gasteiger partial charge in [0, 0.05) is 19.1 Å². The van der Waals surface area contributed by atoms with E-state index in [4.69, 9.17) is 10.00 Å². The van der Waals surface area contributed by atoms with E-state index >= 15 is 0 Å². The first-order valence-corrected chi connectivity index (χ1v) is 5.68. The fraction of sp³-hybridized carbons (Fsp3) is 0.818. The minimum Gasteiger partial charge on any atom is -0.447 e. The van der Waals surface area contributed by atoms with E-state index in [9.17, 15) is 4.79 Å². The van der Waals surface area contributed by atoms with Crippen LogP contribution in [0, 0.1) is 11.3 Å². The Morgan fingerprint density at radius 3 is 2.69 bits per heavy atom. The predicted octanol–water partition coefficient (Wildman–Crippen LogP) is 1.11. The zero-order valence-corrected chi connectivity index (χ0v) is 9.90. The van der Waals surface area contributed by atoms with Gasteiger partial charge in [0.2, 0.25) is 0 Å². The van der Waals surface area contributed by atoms with Gasteiger partial charge in [-0.25, -0.2) is 4.79 Å². The molecule has 1 aliphatic heterocycles. The Hall–Kier alpha value is -1.28. The molecule has 0 bridgehead atoms. The van der Waals surface area contributed by atoms with Gasteiger partial charge in [0.25, 0.3) is 0 Å². The molecule has 1 fully saturated rings. The van der Waals surface area contributed by atoms with Gasteiger partial charge in [0.05, 0.1) is 18.7 Å². The van der Waals surface area contributed by atoms with Crippen LogP contribution in [0.25, 0.3) is 0 Å². The number of amides is 1. The van der Waals surface area contributed by atoms with Gasteiger partial charge in [-0.05, 0) is 26.7 Å². The van der Waals surface area contributed by atoms with Crippen LogP contribution >= 0.6 is 0 Å². The summed E-state index contributed by atoms with van der Waals surface area (Å²) in [5.41, 5.74) is 0. The van der Waals surface area contributed by atoms with Crippen LogP contribution < -0.4 is 5.32 Å². The van der Waals surface area contributed by atoms with E-state index < -0.39 is 0 Å². The van der Waals surface area contributed by atoms with E-state index in [2.05, 4.69) is 16.3 Å². The van der Waals surface area contributed by atoms with Crippen LogP contribution in [-0.2, 0) is 4.74 Å². The fourth-order valence-corrected chi connectivity index (χ4v) is 1.75. The Morgan fingerprint density at radius 2 is 2.19 bits per heavy atom. The lowest BCUT2D eigenvalue weighted by molar-refractivity contribution is 0.107. The van der Waals surface area contributed by atoms with Crippen LogP contribution in [-0.4, -0.2) is 42.8 Å². The van der Waals surface area contributed by atoms with Crippen molar-refractivity contribution in [1.29, 1.82) is 5.26 Å². The molecule has 1 amide bonds. The first kappa shape index (κ1) is 12.8. The number of alkyl carbamates (subject to hydrolysis) is 1. The van der Waals surface area contributed by atoms with E-state index in [0.29, 0.717) is 6.54 Å². The second-order valence-electron chi connectivity index (χ2n) is 4.31. The zero-order chi connectivity index (χ0) is 12.0. The molecule has 1 saturated heterocycles. The van der Waals surface area contributed by atoms with Gasteiger partial charge in [-0.1, -0.05) is 0 Å². The highest BCUT2D eigenvalue weighted by atomic mass is 16.6. The number of carbonyl (C=O) groups is 1. The number of piperidine rings is 1. The van der Waals surface area contributed by atoms with Gasteiger partial charge in [0.1, 0.15) is 0 Å². The number of likely N-dealkylation sites (tertiary alicyclic amines) is 1. The first-order valence-electron chi connectivity index (χ1n) is 5.68. The summed E-state index contributed by atoms with van der Waals surface area (Å²) in [5, 5.41) is 11.4. The highest BCUT2D eigenvalue weighted by Gasteiger charge is 2.20. The van der Waals surface area contributed by atoms with Crippen molar-refractivity contribution in [2.24, 2.45) is 0 Å². The largest absolute Gasteiger partial charge is 0.447 e. The van der Waals surface area contributed by atoms with Crippen LogP contribution in [0.4, 0.5) is 4.79 Å². The maximum atomic E-state index is 11.3. The summed E-state index contributed by atoms with van der Waals surface area (Å²) in [4.78, 5) is 13.4. The van der Waals surface area contributed by atoms with Crippen LogP contribution in [0.15, 0.2) is 0 Å². The van der Waals surface area contributed by atoms with Crippen LogP contribution in [0.5, 0.6) is 0 Å². The lowest BCUT2D eigenvalue weighted by atomic mass is 10.1. The molecule has 90 valence electrons. The molecule has 1 aliphatic rings. The lowest BCUT2D eigenvalue weighted by Crippen LogP contribution is -2.45. The highest BCUT2D eigenvalue weighted by molar-refractivity contribution is 5.67. The maximum Gasteiger partial charge on any atom is 0.407 e. The van der Waals surface area contributed by atoms with E-state index in [1.165, 1.54) is 0 Å². The quantitative estimate of drug-likeness (QED) is 0.731. The standard InChI is InChI=1S/C11H19N3O2/c1-9(2)16-11(15)13-10-3-6-14(7-4-10)8-5-12/h9-10H,3-4,6-8H2,1-2H3,(H,13,15). The summed E-state index contributed by atoms with van der Waals surface area (Å²) in [6.45, 7) is 5.85. The molecule has 0 aromatic rings. The van der Waals surface area contributed by atoms with Gasteiger partial charge in [-0.3, -0.25) is 4.90 Å². The monoisotopic (exact) mass is 225 g/mol. The Morgan fingerprint density at radius 1 is 1.56 bits per heavy atom. The summed E-state index contributed by atoms with van der Waals surface area (Å²) >= 11 is 0. The normalized spacial score (nSPS) is 18.1. The molecule has 5 heteroatoms. The van der Waals surface area contributed by atoms with E-state index in [-0.39, 0.29) is 18.2 Å². The zero-order valence-electron chi connectivity index (χ0n) is 9.90. The van der Waals surface area contributed by atoms with Gasteiger partial charge in [0.15, 0.2) is 0 Å². The number of nitrogens with zero attached hydrogens (tertiary/aromatic N) is 2. The fourth-order valence-electron chi connectivity index (χ4n) is 1.75. The topological polar surface area (TPSA) is 65.4 Å². The minimum absolute atomic E-state index is 0.0846. The van der Waals surface area contributed by atoms with Crippen molar-refractivity contribution in [2.45, 2.75) is 38.8 Å². The number of nitriles is 1. The van der Waals surface area contributed by atoms with Crippen LogP contribution in [0.2, 0.25) is 0 Å². The maximum absolute atomic E-state index is 11.3. The number of ether oxygens (including phenoxy) is 1. The summed E-state index contributed by atoms with van der Waals surface area (Å²) < 4.78 is 5.01. The molecule has 0 spiro atoms. The van der Waals surface area contributed by atoms with Crippen molar-refractivity contribution in [3.63, 3.8) is 0 Å². The second-order valence-corrected chi connectivity index (χ2v) is 4.31. The molecule has 0 atom stereocenters. The van der Waals surface area contributed by atoms with Crippen LogP contribution in [0.1, 0.15) is 26.7 Å². The van der Waals surface area contributed by atoms with Gasteiger partial charge in [-0.2, -0.15) is 5.26 Å². The molecule has 0 aromatic carbocycles. The molecule has 0 unspecified atom stereocenters. The molecule has 0 aliphatic carbocycles. The average molecular weight is 225 g/mol. The second kappa shape index (κ2) is 6.33. The number of hydrogen-bond acceptors (Lipinski definition) is 4. The van der Waals surface area contributed by atoms with Crippen molar-refractivity contribution < 1.29 is 9.53 Å². The van der Waals surface area contributed by atoms with E-state index in [1.54, 1.807) is 0 Å². The molecule has 1 rings (SSSR count). The Bertz CT molecular complexity index is 265. The molecular weight excluding hydrogens is 206 g/mol. The molecule has 0 radical (unpaired) electrons. The number of carbonyl (C=O) groups excluding carboxylic acids is 1. The third-order valence-electron chi connectivity index (χ3n) is 2.55. The van der Waals surface area contributed by atoms with Gasteiger partial charge in [-0.15, -0.1) is 0 Å². The number of nitrogens with one attached hydrogen (secondary N) is 1. The Kier molecular flexibility index (Phi) is 5.06. The number of hydrogen-bond donors (Lipinski definition) is 1. The molecular formula is C11H19N3O2. The molecule has 1 heterocycles.